The number of aromatic nitrogens is 2. The quantitative estimate of drug-likeness (QED) is 0.321. The van der Waals surface area contributed by atoms with Gasteiger partial charge in [-0.25, -0.2) is 9.78 Å². The van der Waals surface area contributed by atoms with E-state index in [1.807, 2.05) is 6.92 Å². The third-order valence-electron chi connectivity index (χ3n) is 4.77. The number of fused-ring (bicyclic) bond motifs is 1. The zero-order chi connectivity index (χ0) is 22.5. The van der Waals surface area contributed by atoms with Crippen LogP contribution < -0.4 is 4.74 Å². The van der Waals surface area contributed by atoms with Gasteiger partial charge in [-0.05, 0) is 50.1 Å². The fourth-order valence-corrected chi connectivity index (χ4v) is 4.22. The molecule has 1 heterocycles. The highest BCUT2D eigenvalue weighted by Crippen LogP contribution is 2.33. The number of ether oxygens (including phenoxy) is 1. The molecule has 1 aromatic heterocycles. The number of carbonyl (C=O) groups excluding carboxylic acids is 1. The fraction of sp³-hybridized carbons (Fsp3) is 0.318. The van der Waals surface area contributed by atoms with Crippen molar-refractivity contribution in [2.45, 2.75) is 38.3 Å². The lowest BCUT2D eigenvalue weighted by Crippen LogP contribution is -2.08. The molecule has 9 heteroatoms. The smallest absolute Gasteiger partial charge is 0.335 e. The zero-order valence-corrected chi connectivity index (χ0v) is 18.1. The summed E-state index contributed by atoms with van der Waals surface area (Å²) in [6, 6.07) is 7.71. The van der Waals surface area contributed by atoms with Crippen molar-refractivity contribution in [3.63, 3.8) is 0 Å². The van der Waals surface area contributed by atoms with E-state index >= 15 is 0 Å². The summed E-state index contributed by atoms with van der Waals surface area (Å²) in [6.07, 6.45) is 1.83. The Kier molecular flexibility index (Phi) is 7.06. The lowest BCUT2D eigenvalue weighted by molar-refractivity contribution is 0.0696. The number of carbonyl (C=O) groups is 2. The van der Waals surface area contributed by atoms with Crippen LogP contribution in [0.2, 0.25) is 0 Å². The summed E-state index contributed by atoms with van der Waals surface area (Å²) in [5.41, 5.74) is 2.07. The minimum absolute atomic E-state index is 0.0431. The summed E-state index contributed by atoms with van der Waals surface area (Å²) < 4.78 is 18.3. The lowest BCUT2D eigenvalue weighted by atomic mass is 10.0. The number of ketones is 1. The van der Waals surface area contributed by atoms with Crippen molar-refractivity contribution in [3.05, 3.63) is 47.0 Å². The van der Waals surface area contributed by atoms with E-state index in [1.54, 1.807) is 18.2 Å². The maximum atomic E-state index is 12.6. The first-order chi connectivity index (χ1) is 14.8. The van der Waals surface area contributed by atoms with Crippen molar-refractivity contribution in [1.29, 1.82) is 0 Å². The Morgan fingerprint density at radius 1 is 1.23 bits per heavy atom. The summed E-state index contributed by atoms with van der Waals surface area (Å²) in [6.45, 7) is 3.66. The highest BCUT2D eigenvalue weighted by Gasteiger charge is 2.16. The monoisotopic (exact) mass is 444 g/mol. The van der Waals surface area contributed by atoms with Gasteiger partial charge in [0.15, 0.2) is 10.9 Å². The molecule has 3 rings (SSSR count). The number of aromatic hydroxyl groups is 1. The molecule has 0 saturated heterocycles. The number of hydrogen-bond donors (Lipinski definition) is 3. The second kappa shape index (κ2) is 9.74. The van der Waals surface area contributed by atoms with Crippen molar-refractivity contribution in [1.82, 2.24) is 9.97 Å². The van der Waals surface area contributed by atoms with Crippen LogP contribution in [0.1, 0.15) is 53.0 Å². The number of benzene rings is 2. The minimum atomic E-state index is -1.40. The van der Waals surface area contributed by atoms with Gasteiger partial charge in [0.1, 0.15) is 11.5 Å². The number of nitrogens with one attached hydrogen (secondary N) is 1. The minimum Gasteiger partial charge on any atom is -0.507 e. The number of H-pyrrole nitrogens is 1. The molecule has 8 nitrogen and oxygen atoms in total. The molecule has 0 fully saturated rings. The van der Waals surface area contributed by atoms with Gasteiger partial charge >= 0.3 is 5.97 Å². The van der Waals surface area contributed by atoms with Crippen molar-refractivity contribution in [2.75, 3.05) is 12.4 Å². The van der Waals surface area contributed by atoms with Crippen molar-refractivity contribution in [2.24, 2.45) is 0 Å². The average Bonchev–Trinajstić information content (AvgIpc) is 3.16. The van der Waals surface area contributed by atoms with Gasteiger partial charge < -0.3 is 19.9 Å². The fourth-order valence-electron chi connectivity index (χ4n) is 3.22. The molecule has 0 saturated carbocycles. The number of phenols is 1. The van der Waals surface area contributed by atoms with E-state index in [1.165, 1.54) is 19.1 Å². The van der Waals surface area contributed by atoms with Crippen LogP contribution in [0.15, 0.2) is 35.5 Å². The Bertz CT molecular complexity index is 1150. The average molecular weight is 445 g/mol. The van der Waals surface area contributed by atoms with Gasteiger partial charge in [0.05, 0.1) is 39.6 Å². The molecule has 0 spiro atoms. The van der Waals surface area contributed by atoms with Gasteiger partial charge in [-0.15, -0.1) is 0 Å². The number of Topliss-reactive ketones (excluding diaryl/α,β-unsaturated/α-hetero) is 1. The maximum Gasteiger partial charge on any atom is 0.335 e. The third-order valence-corrected chi connectivity index (χ3v) is 6.06. The van der Waals surface area contributed by atoms with Crippen molar-refractivity contribution >= 4 is 33.6 Å². The first-order valence-corrected chi connectivity index (χ1v) is 11.2. The molecule has 1 unspecified atom stereocenters. The van der Waals surface area contributed by atoms with E-state index in [-0.39, 0.29) is 34.4 Å². The van der Waals surface area contributed by atoms with Crippen molar-refractivity contribution in [3.8, 4) is 11.5 Å². The summed E-state index contributed by atoms with van der Waals surface area (Å²) in [5.74, 6) is -0.482. The van der Waals surface area contributed by atoms with Gasteiger partial charge in [-0.2, -0.15) is 0 Å². The molecule has 2 aromatic carbocycles. The number of hydrogen-bond acceptors (Lipinski definition) is 6. The number of aromatic amines is 1. The summed E-state index contributed by atoms with van der Waals surface area (Å²) in [4.78, 5) is 29.9. The molecule has 3 aromatic rings. The standard InChI is InChI=1S/C22H24N2O6S/c1-3-5-16-19(9-7-15(13(2)25)20(16)26)30-10-4-11-31(29)22-23-17-8-6-14(21(27)28)12-18(17)24-22/h6-9,12,26H,3-5,10-11H2,1-2H3,(H,23,24)(H,27,28). The lowest BCUT2D eigenvalue weighted by Gasteiger charge is -2.14. The summed E-state index contributed by atoms with van der Waals surface area (Å²) >= 11 is 0. The molecular weight excluding hydrogens is 420 g/mol. The number of aromatic carboxylic acids is 1. The van der Waals surface area contributed by atoms with E-state index in [2.05, 4.69) is 9.97 Å². The van der Waals surface area contributed by atoms with Crippen LogP contribution in [-0.4, -0.2) is 48.5 Å². The highest BCUT2D eigenvalue weighted by molar-refractivity contribution is 7.84. The number of imidazole rings is 1. The number of nitrogens with zero attached hydrogens (tertiary/aromatic N) is 1. The van der Waals surface area contributed by atoms with E-state index in [4.69, 9.17) is 9.84 Å². The van der Waals surface area contributed by atoms with Crippen LogP contribution in [-0.2, 0) is 17.2 Å². The van der Waals surface area contributed by atoms with Gasteiger partial charge in [-0.1, -0.05) is 13.3 Å². The molecule has 164 valence electrons. The van der Waals surface area contributed by atoms with E-state index in [0.29, 0.717) is 40.9 Å². The van der Waals surface area contributed by atoms with Crippen LogP contribution in [0.25, 0.3) is 11.0 Å². The molecular formula is C22H24N2O6S. The first kappa shape index (κ1) is 22.5. The first-order valence-electron chi connectivity index (χ1n) is 9.91. The Labute approximate surface area is 181 Å². The summed E-state index contributed by atoms with van der Waals surface area (Å²) in [5, 5.41) is 19.7. The van der Waals surface area contributed by atoms with Gasteiger partial charge in [0.25, 0.3) is 0 Å². The van der Waals surface area contributed by atoms with Gasteiger partial charge in [0, 0.05) is 11.3 Å². The molecule has 31 heavy (non-hydrogen) atoms. The van der Waals surface area contributed by atoms with Gasteiger partial charge in [-0.3, -0.25) is 9.00 Å². The molecule has 0 aliphatic carbocycles. The van der Waals surface area contributed by atoms with Crippen LogP contribution in [0, 0.1) is 0 Å². The predicted molar refractivity (Wildman–Crippen MR) is 117 cm³/mol. The van der Waals surface area contributed by atoms with Crippen molar-refractivity contribution < 1.29 is 28.7 Å². The van der Waals surface area contributed by atoms with E-state index < -0.39 is 16.8 Å². The van der Waals surface area contributed by atoms with Crippen LogP contribution in [0.4, 0.5) is 0 Å². The van der Waals surface area contributed by atoms with Crippen LogP contribution >= 0.6 is 0 Å². The molecule has 0 aliphatic rings. The molecule has 0 amide bonds. The van der Waals surface area contributed by atoms with Crippen LogP contribution in [0.5, 0.6) is 11.5 Å². The zero-order valence-electron chi connectivity index (χ0n) is 17.3. The number of phenolic OH excluding ortho intramolecular Hbond substituents is 1. The Morgan fingerprint density at radius 3 is 2.68 bits per heavy atom. The maximum absolute atomic E-state index is 12.6. The second-order valence-electron chi connectivity index (χ2n) is 7.08. The number of rotatable bonds is 10. The molecule has 1 atom stereocenters. The molecule has 0 aliphatic heterocycles. The molecule has 0 radical (unpaired) electrons. The van der Waals surface area contributed by atoms with Crippen LogP contribution in [0.3, 0.4) is 0 Å². The molecule has 3 N–H and O–H groups in total. The summed E-state index contributed by atoms with van der Waals surface area (Å²) in [7, 11) is -1.40. The SMILES string of the molecule is CCCc1c(OCCCS(=O)c2nc3ccc(C(=O)O)cc3[nH]2)ccc(C(C)=O)c1O. The highest BCUT2D eigenvalue weighted by atomic mass is 32.2. The third kappa shape index (κ3) is 5.11. The Balaban J connectivity index is 1.62. The normalized spacial score (nSPS) is 12.1. The Hall–Kier alpha value is -3.20. The number of carboxylic acids is 1. The van der Waals surface area contributed by atoms with E-state index in [9.17, 15) is 18.9 Å². The topological polar surface area (TPSA) is 130 Å². The van der Waals surface area contributed by atoms with E-state index in [0.717, 1.165) is 6.42 Å². The molecule has 0 bridgehead atoms. The predicted octanol–water partition coefficient (Wildman–Crippen LogP) is 3.70. The van der Waals surface area contributed by atoms with Gasteiger partial charge in [0.2, 0.25) is 0 Å². The Morgan fingerprint density at radius 2 is 2.00 bits per heavy atom. The largest absolute Gasteiger partial charge is 0.507 e. The number of carboxylic acid groups (broad SMARTS) is 1. The second-order valence-corrected chi connectivity index (χ2v) is 8.56.